The van der Waals surface area contributed by atoms with Gasteiger partial charge in [-0.15, -0.1) is 0 Å². The fraction of sp³-hybridized carbons (Fsp3) is 0.368. The number of aryl methyl sites for hydroxylation is 1. The third-order valence-corrected chi connectivity index (χ3v) is 6.14. The van der Waals surface area contributed by atoms with Crippen LogP contribution in [0.25, 0.3) is 11.2 Å². The minimum atomic E-state index is -3.39. The Morgan fingerprint density at radius 3 is 2.71 bits per heavy atom. The highest BCUT2D eigenvalue weighted by Gasteiger charge is 2.23. The van der Waals surface area contributed by atoms with Crippen molar-refractivity contribution < 1.29 is 13.2 Å². The maximum absolute atomic E-state index is 12.1. The molecule has 1 aromatic carbocycles. The number of rotatable bonds is 4. The third-order valence-electron chi connectivity index (χ3n) is 4.79. The molecular weight excluding hydrogens is 400 g/mol. The van der Waals surface area contributed by atoms with Crippen LogP contribution in [0.15, 0.2) is 35.2 Å². The van der Waals surface area contributed by atoms with Crippen molar-refractivity contribution in [2.75, 3.05) is 18.2 Å². The zero-order valence-electron chi connectivity index (χ0n) is 15.6. The van der Waals surface area contributed by atoms with Gasteiger partial charge in [-0.25, -0.2) is 18.4 Å². The van der Waals surface area contributed by atoms with Crippen LogP contribution >= 0.6 is 11.6 Å². The lowest BCUT2D eigenvalue weighted by Gasteiger charge is -2.25. The maximum atomic E-state index is 12.1. The van der Waals surface area contributed by atoms with Crippen molar-refractivity contribution in [3.05, 3.63) is 41.3 Å². The number of hydrogen-bond donors (Lipinski definition) is 1. The summed E-state index contributed by atoms with van der Waals surface area (Å²) in [5.74, 6) is 0.774. The van der Waals surface area contributed by atoms with Gasteiger partial charge in [-0.05, 0) is 38.3 Å². The van der Waals surface area contributed by atoms with Gasteiger partial charge in [0, 0.05) is 18.9 Å². The molecule has 2 aromatic heterocycles. The third kappa shape index (κ3) is 3.59. The first-order chi connectivity index (χ1) is 13.3. The predicted molar refractivity (Wildman–Crippen MR) is 109 cm³/mol. The van der Waals surface area contributed by atoms with Crippen LogP contribution < -0.4 is 5.32 Å². The summed E-state index contributed by atoms with van der Waals surface area (Å²) in [6.07, 6.45) is 4.07. The first-order valence-electron chi connectivity index (χ1n) is 9.07. The molecule has 0 spiro atoms. The second-order valence-corrected chi connectivity index (χ2v) is 9.28. The Hall–Kier alpha value is -2.16. The van der Waals surface area contributed by atoms with Crippen LogP contribution in [-0.4, -0.2) is 35.8 Å². The number of nitrogens with zero attached hydrogens (tertiary/aromatic N) is 3. The van der Waals surface area contributed by atoms with Crippen molar-refractivity contribution in [1.29, 1.82) is 0 Å². The number of hydrogen-bond acceptors (Lipinski definition) is 6. The van der Waals surface area contributed by atoms with Crippen molar-refractivity contribution in [2.45, 2.75) is 37.3 Å². The lowest BCUT2D eigenvalue weighted by molar-refractivity contribution is -0.0309. The highest BCUT2D eigenvalue weighted by Crippen LogP contribution is 2.34. The van der Waals surface area contributed by atoms with Crippen LogP contribution in [0.4, 0.5) is 11.4 Å². The van der Waals surface area contributed by atoms with E-state index < -0.39 is 9.84 Å². The summed E-state index contributed by atoms with van der Waals surface area (Å²) < 4.78 is 32.1. The Kier molecular flexibility index (Phi) is 5.03. The van der Waals surface area contributed by atoms with E-state index in [9.17, 15) is 8.42 Å². The first-order valence-corrected chi connectivity index (χ1v) is 11.3. The minimum Gasteiger partial charge on any atom is -0.358 e. The van der Waals surface area contributed by atoms with E-state index in [1.807, 2.05) is 11.5 Å². The summed E-state index contributed by atoms with van der Waals surface area (Å²) >= 11 is 6.29. The number of sulfone groups is 1. The number of pyridine rings is 1. The molecule has 1 N–H and O–H groups in total. The van der Waals surface area contributed by atoms with E-state index in [0.717, 1.165) is 25.1 Å². The van der Waals surface area contributed by atoms with Gasteiger partial charge in [0.2, 0.25) is 0 Å². The smallest absolute Gasteiger partial charge is 0.177 e. The fourth-order valence-electron chi connectivity index (χ4n) is 3.55. The highest BCUT2D eigenvalue weighted by atomic mass is 35.5. The van der Waals surface area contributed by atoms with E-state index >= 15 is 0 Å². The number of anilines is 2. The van der Waals surface area contributed by atoms with Crippen LogP contribution in [0.2, 0.25) is 5.15 Å². The Morgan fingerprint density at radius 2 is 2.00 bits per heavy atom. The molecule has 3 aromatic rings. The second kappa shape index (κ2) is 7.35. The molecule has 4 rings (SSSR count). The van der Waals surface area contributed by atoms with Gasteiger partial charge in [-0.1, -0.05) is 23.7 Å². The molecule has 9 heteroatoms. The lowest BCUT2D eigenvalue weighted by atomic mass is 10.2. The van der Waals surface area contributed by atoms with Gasteiger partial charge in [0.25, 0.3) is 0 Å². The zero-order chi connectivity index (χ0) is 19.9. The lowest BCUT2D eigenvalue weighted by Crippen LogP contribution is -2.19. The monoisotopic (exact) mass is 420 g/mol. The quantitative estimate of drug-likeness (QED) is 0.635. The van der Waals surface area contributed by atoms with Crippen molar-refractivity contribution in [3.63, 3.8) is 0 Å². The molecule has 0 radical (unpaired) electrons. The SMILES string of the molecule is Cc1nc2c(Nc3ccccc3S(C)(=O)=O)cc(Cl)nc2n1C1CCCCO1. The van der Waals surface area contributed by atoms with Crippen LogP contribution in [0.3, 0.4) is 0 Å². The van der Waals surface area contributed by atoms with Gasteiger partial charge in [0.1, 0.15) is 22.7 Å². The first kappa shape index (κ1) is 19.2. The van der Waals surface area contributed by atoms with E-state index in [2.05, 4.69) is 15.3 Å². The minimum absolute atomic E-state index is 0.124. The van der Waals surface area contributed by atoms with Gasteiger partial charge in [0.05, 0.1) is 16.3 Å². The van der Waals surface area contributed by atoms with Crippen LogP contribution in [0.1, 0.15) is 31.3 Å². The number of nitrogens with one attached hydrogen (secondary N) is 1. The zero-order valence-corrected chi connectivity index (χ0v) is 17.2. The second-order valence-electron chi connectivity index (χ2n) is 6.91. The fourth-order valence-corrected chi connectivity index (χ4v) is 4.58. The van der Waals surface area contributed by atoms with Crippen LogP contribution in [0.5, 0.6) is 0 Å². The number of aromatic nitrogens is 3. The van der Waals surface area contributed by atoms with E-state index in [1.165, 1.54) is 6.26 Å². The average molecular weight is 421 g/mol. The molecule has 7 nitrogen and oxygen atoms in total. The van der Waals surface area contributed by atoms with E-state index in [4.69, 9.17) is 16.3 Å². The molecule has 1 saturated heterocycles. The summed E-state index contributed by atoms with van der Waals surface area (Å²) in [4.78, 5) is 9.35. The van der Waals surface area contributed by atoms with Gasteiger partial charge < -0.3 is 10.1 Å². The molecule has 148 valence electrons. The Balaban J connectivity index is 1.83. The molecule has 0 amide bonds. The predicted octanol–water partition coefficient (Wildman–Crippen LogP) is 4.24. The number of benzene rings is 1. The van der Waals surface area contributed by atoms with E-state index in [0.29, 0.717) is 34.3 Å². The number of ether oxygens (including phenoxy) is 1. The average Bonchev–Trinajstić information content (AvgIpc) is 2.98. The number of para-hydroxylation sites is 1. The summed E-state index contributed by atoms with van der Waals surface area (Å²) in [7, 11) is -3.39. The molecule has 0 aliphatic carbocycles. The summed E-state index contributed by atoms with van der Waals surface area (Å²) in [5.41, 5.74) is 2.31. The van der Waals surface area contributed by atoms with Gasteiger partial charge in [0.15, 0.2) is 15.5 Å². The van der Waals surface area contributed by atoms with Gasteiger partial charge in [-0.2, -0.15) is 0 Å². The highest BCUT2D eigenvalue weighted by molar-refractivity contribution is 7.90. The molecule has 1 fully saturated rings. The van der Waals surface area contributed by atoms with Crippen LogP contribution in [-0.2, 0) is 14.6 Å². The topological polar surface area (TPSA) is 86.1 Å². The largest absolute Gasteiger partial charge is 0.358 e. The summed E-state index contributed by atoms with van der Waals surface area (Å²) in [6.45, 7) is 2.61. The molecule has 1 unspecified atom stereocenters. The normalized spacial score (nSPS) is 17.8. The van der Waals surface area contributed by atoms with Crippen LogP contribution in [0, 0.1) is 6.92 Å². The van der Waals surface area contributed by atoms with E-state index in [-0.39, 0.29) is 11.1 Å². The number of fused-ring (bicyclic) bond motifs is 1. The standard InChI is InChI=1S/C19H21ClN4O3S/c1-12-21-18-14(22-13-7-3-4-8-15(13)28(2,25)26)11-16(20)23-19(18)24(12)17-9-5-6-10-27-17/h3-4,7-8,11,17H,5-6,9-10H2,1-2H3,(H,22,23). The number of halogens is 1. The maximum Gasteiger partial charge on any atom is 0.177 e. The van der Waals surface area contributed by atoms with E-state index in [1.54, 1.807) is 30.3 Å². The van der Waals surface area contributed by atoms with Crippen molar-refractivity contribution in [2.24, 2.45) is 0 Å². The summed E-state index contributed by atoms with van der Waals surface area (Å²) in [6, 6.07) is 8.40. The molecule has 0 saturated carbocycles. The van der Waals surface area contributed by atoms with Crippen molar-refractivity contribution in [3.8, 4) is 0 Å². The molecule has 28 heavy (non-hydrogen) atoms. The Bertz CT molecular complexity index is 1140. The van der Waals surface area contributed by atoms with Gasteiger partial charge in [-0.3, -0.25) is 4.57 Å². The number of imidazole rings is 1. The molecule has 0 bridgehead atoms. The molecule has 1 aliphatic heterocycles. The Labute approximate surface area is 168 Å². The van der Waals surface area contributed by atoms with Crippen molar-refractivity contribution >= 4 is 44.0 Å². The Morgan fingerprint density at radius 1 is 1.21 bits per heavy atom. The summed E-state index contributed by atoms with van der Waals surface area (Å²) in [5, 5.41) is 3.48. The van der Waals surface area contributed by atoms with Crippen molar-refractivity contribution in [1.82, 2.24) is 14.5 Å². The molecule has 1 aliphatic rings. The molecular formula is C19H21ClN4O3S. The molecule has 3 heterocycles. The molecule has 1 atom stereocenters. The van der Waals surface area contributed by atoms with Gasteiger partial charge >= 0.3 is 0 Å².